The van der Waals surface area contributed by atoms with Gasteiger partial charge in [-0.05, 0) is 18.2 Å². The minimum atomic E-state index is -1.12. The van der Waals surface area contributed by atoms with Crippen molar-refractivity contribution in [3.8, 4) is 17.6 Å². The normalized spacial score (nSPS) is 9.00. The summed E-state index contributed by atoms with van der Waals surface area (Å²) in [6.45, 7) is 0. The van der Waals surface area contributed by atoms with E-state index in [0.29, 0.717) is 5.75 Å². The lowest BCUT2D eigenvalue weighted by Crippen LogP contribution is -2.00. The summed E-state index contributed by atoms with van der Waals surface area (Å²) in [5.41, 5.74) is 0.252. The Balaban J connectivity index is 3.12. The van der Waals surface area contributed by atoms with Gasteiger partial charge >= 0.3 is 11.9 Å². The summed E-state index contributed by atoms with van der Waals surface area (Å²) in [5, 5.41) is 17.3. The predicted octanol–water partition coefficient (Wildman–Crippen LogP) is 1.22. The van der Waals surface area contributed by atoms with Gasteiger partial charge in [0.25, 0.3) is 0 Å². The molecule has 2 N–H and O–H groups in total. The van der Waals surface area contributed by atoms with Gasteiger partial charge in [-0.25, -0.2) is 4.79 Å². The number of aliphatic carboxylic acids is 1. The van der Waals surface area contributed by atoms with Crippen molar-refractivity contribution in [2.24, 2.45) is 0 Å². The Bertz CT molecular complexity index is 507. The number of ether oxygens (including phenoxy) is 1. The molecule has 88 valence electrons. The van der Waals surface area contributed by atoms with E-state index in [2.05, 4.69) is 11.8 Å². The molecule has 0 radical (unpaired) electrons. The molecule has 0 aromatic heterocycles. The minimum absolute atomic E-state index is 0.0173. The molecule has 0 aliphatic heterocycles. The molecule has 0 amide bonds. The molecule has 0 fully saturated rings. The second kappa shape index (κ2) is 5.56. The molecule has 5 nitrogen and oxygen atoms in total. The predicted molar refractivity (Wildman–Crippen MR) is 59.1 cm³/mol. The second-order valence-electron chi connectivity index (χ2n) is 3.09. The standard InChI is InChI=1S/C12H10O5/c1-17-9-5-6-10(12(15)16)8(7-9)3-2-4-11(13)14/h5-7H,4H2,1H3,(H,13,14)(H,15,16). The highest BCUT2D eigenvalue weighted by Gasteiger charge is 2.09. The Labute approximate surface area is 97.6 Å². The van der Waals surface area contributed by atoms with Crippen LogP contribution in [0.3, 0.4) is 0 Å². The first-order chi connectivity index (χ1) is 8.04. The maximum absolute atomic E-state index is 10.9. The number of rotatable bonds is 3. The van der Waals surface area contributed by atoms with Gasteiger partial charge in [0.15, 0.2) is 0 Å². The van der Waals surface area contributed by atoms with Gasteiger partial charge in [-0.1, -0.05) is 11.8 Å². The Morgan fingerprint density at radius 2 is 2.06 bits per heavy atom. The van der Waals surface area contributed by atoms with Crippen LogP contribution in [-0.4, -0.2) is 29.3 Å². The highest BCUT2D eigenvalue weighted by atomic mass is 16.5. The smallest absolute Gasteiger partial charge is 0.336 e. The zero-order valence-corrected chi connectivity index (χ0v) is 9.06. The highest BCUT2D eigenvalue weighted by Crippen LogP contribution is 2.16. The third-order valence-electron chi connectivity index (χ3n) is 1.92. The number of aromatic carboxylic acids is 1. The first-order valence-electron chi connectivity index (χ1n) is 4.66. The number of carbonyl (C=O) groups is 2. The Hall–Kier alpha value is -2.48. The largest absolute Gasteiger partial charge is 0.497 e. The monoisotopic (exact) mass is 234 g/mol. The molecule has 0 heterocycles. The van der Waals surface area contributed by atoms with Crippen LogP contribution in [0.2, 0.25) is 0 Å². The van der Waals surface area contributed by atoms with Crippen LogP contribution in [0.5, 0.6) is 5.75 Å². The Morgan fingerprint density at radius 3 is 2.59 bits per heavy atom. The van der Waals surface area contributed by atoms with Gasteiger partial charge < -0.3 is 14.9 Å². The van der Waals surface area contributed by atoms with Crippen LogP contribution < -0.4 is 4.74 Å². The first-order valence-corrected chi connectivity index (χ1v) is 4.66. The lowest BCUT2D eigenvalue weighted by atomic mass is 10.1. The fourth-order valence-electron chi connectivity index (χ4n) is 1.16. The van der Waals surface area contributed by atoms with Crippen molar-refractivity contribution in [3.05, 3.63) is 29.3 Å². The van der Waals surface area contributed by atoms with E-state index in [0.717, 1.165) is 0 Å². The summed E-state index contributed by atoms with van der Waals surface area (Å²) >= 11 is 0. The van der Waals surface area contributed by atoms with Gasteiger partial charge in [-0.3, -0.25) is 4.79 Å². The molecule has 0 unspecified atom stereocenters. The van der Waals surface area contributed by atoms with E-state index in [9.17, 15) is 9.59 Å². The second-order valence-corrected chi connectivity index (χ2v) is 3.09. The third kappa shape index (κ3) is 3.54. The van der Waals surface area contributed by atoms with Crippen LogP contribution in [-0.2, 0) is 4.79 Å². The van der Waals surface area contributed by atoms with Gasteiger partial charge in [-0.2, -0.15) is 0 Å². The van der Waals surface area contributed by atoms with Crippen LogP contribution in [0.1, 0.15) is 22.3 Å². The summed E-state index contributed by atoms with van der Waals surface area (Å²) in [6, 6.07) is 4.33. The lowest BCUT2D eigenvalue weighted by molar-refractivity contribution is -0.135. The van der Waals surface area contributed by atoms with Gasteiger partial charge in [0.2, 0.25) is 0 Å². The summed E-state index contributed by atoms with van der Waals surface area (Å²) in [4.78, 5) is 21.2. The average molecular weight is 234 g/mol. The molecule has 1 aromatic carbocycles. The van der Waals surface area contributed by atoms with E-state index < -0.39 is 11.9 Å². The van der Waals surface area contributed by atoms with Crippen molar-refractivity contribution in [2.45, 2.75) is 6.42 Å². The Morgan fingerprint density at radius 1 is 1.35 bits per heavy atom. The van der Waals surface area contributed by atoms with Crippen LogP contribution in [0, 0.1) is 11.8 Å². The van der Waals surface area contributed by atoms with E-state index >= 15 is 0 Å². The molecule has 5 heteroatoms. The quantitative estimate of drug-likeness (QED) is 0.768. The number of benzene rings is 1. The molecule has 0 saturated heterocycles. The fraction of sp³-hybridized carbons (Fsp3) is 0.167. The molecule has 0 aliphatic carbocycles. The van der Waals surface area contributed by atoms with Crippen molar-refractivity contribution in [3.63, 3.8) is 0 Å². The van der Waals surface area contributed by atoms with Gasteiger partial charge in [0.05, 0.1) is 12.7 Å². The molecular formula is C12H10O5. The third-order valence-corrected chi connectivity index (χ3v) is 1.92. The summed E-state index contributed by atoms with van der Waals surface area (Å²) in [6.07, 6.45) is -0.337. The molecule has 1 aromatic rings. The highest BCUT2D eigenvalue weighted by molar-refractivity contribution is 5.91. The number of carboxylic acids is 2. The summed E-state index contributed by atoms with van der Waals surface area (Å²) < 4.78 is 4.94. The zero-order chi connectivity index (χ0) is 12.8. The average Bonchev–Trinajstić information content (AvgIpc) is 2.28. The number of hydrogen-bond acceptors (Lipinski definition) is 3. The minimum Gasteiger partial charge on any atom is -0.497 e. The molecule has 1 rings (SSSR count). The molecule has 0 atom stereocenters. The number of carboxylic acid groups (broad SMARTS) is 2. The van der Waals surface area contributed by atoms with Gasteiger partial charge in [-0.15, -0.1) is 0 Å². The molecule has 0 saturated carbocycles. The van der Waals surface area contributed by atoms with E-state index in [1.807, 2.05) is 0 Å². The van der Waals surface area contributed by atoms with E-state index in [4.69, 9.17) is 14.9 Å². The number of methoxy groups -OCH3 is 1. The molecular weight excluding hydrogens is 224 g/mol. The lowest BCUT2D eigenvalue weighted by Gasteiger charge is -2.03. The number of hydrogen-bond donors (Lipinski definition) is 2. The molecule has 0 bridgehead atoms. The van der Waals surface area contributed by atoms with Crippen molar-refractivity contribution < 1.29 is 24.5 Å². The van der Waals surface area contributed by atoms with Crippen LogP contribution >= 0.6 is 0 Å². The van der Waals surface area contributed by atoms with E-state index in [-0.39, 0.29) is 17.5 Å². The van der Waals surface area contributed by atoms with E-state index in [1.165, 1.54) is 25.3 Å². The SMILES string of the molecule is COc1ccc(C(=O)O)c(C#CCC(=O)O)c1. The van der Waals surface area contributed by atoms with Gasteiger partial charge in [0, 0.05) is 5.56 Å². The Kier molecular flexibility index (Phi) is 4.12. The maximum Gasteiger partial charge on any atom is 0.336 e. The maximum atomic E-state index is 10.9. The van der Waals surface area contributed by atoms with Crippen molar-refractivity contribution >= 4 is 11.9 Å². The van der Waals surface area contributed by atoms with Crippen molar-refractivity contribution in [1.82, 2.24) is 0 Å². The van der Waals surface area contributed by atoms with Crippen molar-refractivity contribution in [2.75, 3.05) is 7.11 Å². The van der Waals surface area contributed by atoms with Crippen molar-refractivity contribution in [1.29, 1.82) is 0 Å². The molecule has 17 heavy (non-hydrogen) atoms. The first kappa shape index (κ1) is 12.6. The van der Waals surface area contributed by atoms with Crippen LogP contribution in [0.25, 0.3) is 0 Å². The fourth-order valence-corrected chi connectivity index (χ4v) is 1.16. The van der Waals surface area contributed by atoms with Crippen LogP contribution in [0.15, 0.2) is 18.2 Å². The molecule has 0 aliphatic rings. The summed E-state index contributed by atoms with van der Waals surface area (Å²) in [5.74, 6) is 3.18. The topological polar surface area (TPSA) is 83.8 Å². The zero-order valence-electron chi connectivity index (χ0n) is 9.06. The van der Waals surface area contributed by atoms with E-state index in [1.54, 1.807) is 0 Å². The van der Waals surface area contributed by atoms with Crippen LogP contribution in [0.4, 0.5) is 0 Å². The molecule has 0 spiro atoms. The van der Waals surface area contributed by atoms with Gasteiger partial charge in [0.1, 0.15) is 12.2 Å². The summed E-state index contributed by atoms with van der Waals surface area (Å²) in [7, 11) is 1.45.